The number of esters is 2. The normalized spacial score (nSPS) is 14.7. The lowest BCUT2D eigenvalue weighted by molar-refractivity contribution is -0.140. The number of ether oxygens (including phenoxy) is 3. The highest BCUT2D eigenvalue weighted by Crippen LogP contribution is 2.29. The van der Waals surface area contributed by atoms with Crippen LogP contribution in [0.4, 0.5) is 18.9 Å². The maximum atomic E-state index is 13.4. The fourth-order valence-corrected chi connectivity index (χ4v) is 2.05. The van der Waals surface area contributed by atoms with Crippen LogP contribution >= 0.6 is 0 Å². The number of hydrogen-bond donors (Lipinski definition) is 0. The van der Waals surface area contributed by atoms with E-state index in [1.54, 1.807) is 0 Å². The zero-order chi connectivity index (χ0) is 17.1. The standard InChI is InChI=1S/C14H12F3NO5/c1-21-13(19)8-5-23-6-18(12(8)14(20)22-2)7-3-9(15)11(17)10(16)4-7/h3-4H,5-6H2,1-2H3. The van der Waals surface area contributed by atoms with Gasteiger partial charge in [-0.3, -0.25) is 0 Å². The van der Waals surface area contributed by atoms with Crippen LogP contribution in [0.3, 0.4) is 0 Å². The van der Waals surface area contributed by atoms with Gasteiger partial charge >= 0.3 is 11.9 Å². The molecule has 0 unspecified atom stereocenters. The Morgan fingerprint density at radius 2 is 1.65 bits per heavy atom. The van der Waals surface area contributed by atoms with Crippen molar-refractivity contribution in [3.63, 3.8) is 0 Å². The summed E-state index contributed by atoms with van der Waals surface area (Å²) in [5.41, 5.74) is -0.699. The predicted molar refractivity (Wildman–Crippen MR) is 70.7 cm³/mol. The lowest BCUT2D eigenvalue weighted by Crippen LogP contribution is -2.39. The molecule has 23 heavy (non-hydrogen) atoms. The van der Waals surface area contributed by atoms with Crippen molar-refractivity contribution in [2.45, 2.75) is 0 Å². The van der Waals surface area contributed by atoms with Gasteiger partial charge in [0, 0.05) is 17.8 Å². The summed E-state index contributed by atoms with van der Waals surface area (Å²) in [7, 11) is 2.17. The number of methoxy groups -OCH3 is 2. The van der Waals surface area contributed by atoms with Crippen LogP contribution in [0.15, 0.2) is 23.4 Å². The number of carbonyl (C=O) groups is 2. The summed E-state index contributed by atoms with van der Waals surface area (Å²) in [5.74, 6) is -6.34. The van der Waals surface area contributed by atoms with Crippen LogP contribution in [0.2, 0.25) is 0 Å². The van der Waals surface area contributed by atoms with E-state index in [2.05, 4.69) is 9.47 Å². The lowest BCUT2D eigenvalue weighted by Gasteiger charge is -2.31. The van der Waals surface area contributed by atoms with Gasteiger partial charge in [-0.05, 0) is 0 Å². The van der Waals surface area contributed by atoms with Gasteiger partial charge in [0.25, 0.3) is 0 Å². The molecule has 0 aliphatic carbocycles. The largest absolute Gasteiger partial charge is 0.466 e. The molecule has 1 aliphatic rings. The van der Waals surface area contributed by atoms with Gasteiger partial charge in [-0.25, -0.2) is 22.8 Å². The van der Waals surface area contributed by atoms with E-state index in [0.717, 1.165) is 19.1 Å². The number of halogens is 3. The van der Waals surface area contributed by atoms with Crippen LogP contribution in [0, 0.1) is 17.5 Å². The molecule has 0 saturated carbocycles. The molecular formula is C14H12F3NO5. The monoisotopic (exact) mass is 331 g/mol. The van der Waals surface area contributed by atoms with Crippen LogP contribution in [0.1, 0.15) is 0 Å². The summed E-state index contributed by atoms with van der Waals surface area (Å²) in [6, 6.07) is 1.34. The van der Waals surface area contributed by atoms with E-state index >= 15 is 0 Å². The first-order chi connectivity index (χ1) is 10.9. The Kier molecular flexibility index (Phi) is 4.89. The van der Waals surface area contributed by atoms with Crippen molar-refractivity contribution < 1.29 is 37.0 Å². The molecule has 0 spiro atoms. The van der Waals surface area contributed by atoms with Gasteiger partial charge in [0.1, 0.15) is 12.4 Å². The maximum absolute atomic E-state index is 13.4. The maximum Gasteiger partial charge on any atom is 0.355 e. The van der Waals surface area contributed by atoms with Gasteiger partial charge in [-0.15, -0.1) is 0 Å². The second-order valence-electron chi connectivity index (χ2n) is 4.44. The van der Waals surface area contributed by atoms with Crippen molar-refractivity contribution in [2.24, 2.45) is 0 Å². The SMILES string of the molecule is COC(=O)C1=C(C(=O)OC)N(c2cc(F)c(F)c(F)c2)COC1. The summed E-state index contributed by atoms with van der Waals surface area (Å²) in [4.78, 5) is 24.7. The summed E-state index contributed by atoms with van der Waals surface area (Å²) in [6.07, 6.45) is 0. The molecule has 0 saturated heterocycles. The smallest absolute Gasteiger partial charge is 0.355 e. The van der Waals surface area contributed by atoms with Crippen molar-refractivity contribution in [1.82, 2.24) is 0 Å². The quantitative estimate of drug-likeness (QED) is 0.618. The zero-order valence-corrected chi connectivity index (χ0v) is 12.2. The van der Waals surface area contributed by atoms with E-state index < -0.39 is 29.4 Å². The van der Waals surface area contributed by atoms with Crippen LogP contribution in [0.25, 0.3) is 0 Å². The predicted octanol–water partition coefficient (Wildman–Crippen LogP) is 1.50. The highest BCUT2D eigenvalue weighted by atomic mass is 19.2. The average molecular weight is 331 g/mol. The molecule has 1 aliphatic heterocycles. The minimum Gasteiger partial charge on any atom is -0.466 e. The van der Waals surface area contributed by atoms with Gasteiger partial charge in [-0.2, -0.15) is 0 Å². The van der Waals surface area contributed by atoms with Crippen LogP contribution in [-0.2, 0) is 23.8 Å². The highest BCUT2D eigenvalue weighted by molar-refractivity contribution is 6.03. The Morgan fingerprint density at radius 3 is 2.17 bits per heavy atom. The Hall–Kier alpha value is -2.55. The lowest BCUT2D eigenvalue weighted by atomic mass is 10.1. The zero-order valence-electron chi connectivity index (χ0n) is 12.2. The van der Waals surface area contributed by atoms with Crippen LogP contribution in [-0.4, -0.2) is 39.5 Å². The molecule has 9 heteroatoms. The topological polar surface area (TPSA) is 65.1 Å². The van der Waals surface area contributed by atoms with Crippen molar-refractivity contribution in [1.29, 1.82) is 0 Å². The summed E-state index contributed by atoms with van der Waals surface area (Å²) in [5, 5.41) is 0. The van der Waals surface area contributed by atoms with Crippen molar-refractivity contribution in [3.8, 4) is 0 Å². The molecule has 0 N–H and O–H groups in total. The van der Waals surface area contributed by atoms with Crippen molar-refractivity contribution in [3.05, 3.63) is 40.9 Å². The van der Waals surface area contributed by atoms with E-state index in [-0.39, 0.29) is 30.3 Å². The minimum atomic E-state index is -1.65. The molecule has 0 radical (unpaired) electrons. The van der Waals surface area contributed by atoms with Gasteiger partial charge < -0.3 is 19.1 Å². The Labute approximate surface area is 129 Å². The van der Waals surface area contributed by atoms with E-state index in [4.69, 9.17) is 4.74 Å². The molecule has 0 fully saturated rings. The minimum absolute atomic E-state index is 0.184. The molecule has 0 atom stereocenters. The van der Waals surface area contributed by atoms with Crippen LogP contribution < -0.4 is 4.90 Å². The van der Waals surface area contributed by atoms with Crippen LogP contribution in [0.5, 0.6) is 0 Å². The molecule has 0 bridgehead atoms. The van der Waals surface area contributed by atoms with Crippen molar-refractivity contribution in [2.75, 3.05) is 32.5 Å². The fourth-order valence-electron chi connectivity index (χ4n) is 2.05. The number of carbonyl (C=O) groups excluding carboxylic acids is 2. The molecular weight excluding hydrogens is 319 g/mol. The van der Waals surface area contributed by atoms with E-state index in [9.17, 15) is 22.8 Å². The van der Waals surface area contributed by atoms with E-state index in [1.807, 2.05) is 0 Å². The third-order valence-corrected chi connectivity index (χ3v) is 3.11. The number of benzene rings is 1. The number of hydrogen-bond acceptors (Lipinski definition) is 6. The molecule has 1 heterocycles. The van der Waals surface area contributed by atoms with Crippen molar-refractivity contribution >= 4 is 17.6 Å². The van der Waals surface area contributed by atoms with Gasteiger partial charge in [-0.1, -0.05) is 0 Å². The number of nitrogens with zero attached hydrogens (tertiary/aromatic N) is 1. The third kappa shape index (κ3) is 3.14. The molecule has 1 aromatic carbocycles. The molecule has 6 nitrogen and oxygen atoms in total. The average Bonchev–Trinajstić information content (AvgIpc) is 2.57. The van der Waals surface area contributed by atoms with Gasteiger partial charge in [0.2, 0.25) is 0 Å². The first-order valence-electron chi connectivity index (χ1n) is 6.30. The van der Waals surface area contributed by atoms with Gasteiger partial charge in [0.15, 0.2) is 17.5 Å². The Balaban J connectivity index is 2.59. The molecule has 0 aromatic heterocycles. The summed E-state index contributed by atoms with van der Waals surface area (Å²) >= 11 is 0. The molecule has 1 aromatic rings. The molecule has 2 rings (SSSR count). The first kappa shape index (κ1) is 16.8. The Bertz CT molecular complexity index is 666. The van der Waals surface area contributed by atoms with E-state index in [0.29, 0.717) is 12.1 Å². The first-order valence-corrected chi connectivity index (χ1v) is 6.30. The Morgan fingerprint density at radius 1 is 1.09 bits per heavy atom. The summed E-state index contributed by atoms with van der Waals surface area (Å²) < 4.78 is 54.2. The third-order valence-electron chi connectivity index (χ3n) is 3.11. The summed E-state index contributed by atoms with van der Waals surface area (Å²) in [6.45, 7) is -0.546. The van der Waals surface area contributed by atoms with Gasteiger partial charge in [0.05, 0.1) is 26.4 Å². The number of anilines is 1. The molecule has 124 valence electrons. The number of rotatable bonds is 3. The fraction of sp³-hybridized carbons (Fsp3) is 0.286. The molecule has 0 amide bonds. The second-order valence-corrected chi connectivity index (χ2v) is 4.44. The second kappa shape index (κ2) is 6.69. The van der Waals surface area contributed by atoms with E-state index in [1.165, 1.54) is 0 Å². The highest BCUT2D eigenvalue weighted by Gasteiger charge is 2.33.